The molecule has 123 heavy (non-hydrogen) atoms. The Balaban J connectivity index is 1.76. The molecule has 8 N–H and O–H groups in total. The van der Waals surface area contributed by atoms with Crippen LogP contribution in [0, 0.1) is 6.92 Å². The van der Waals surface area contributed by atoms with E-state index < -0.39 is 179 Å². The van der Waals surface area contributed by atoms with E-state index in [-0.39, 0.29) is 148 Å². The van der Waals surface area contributed by atoms with Crippen molar-refractivity contribution in [3.8, 4) is 0 Å². The molecule has 36 nitrogen and oxygen atoms in total. The van der Waals surface area contributed by atoms with Gasteiger partial charge >= 0.3 is 47.8 Å². The fourth-order valence-electron chi connectivity index (χ4n) is 13.4. The third-order valence-corrected chi connectivity index (χ3v) is 18.5. The van der Waals surface area contributed by atoms with Crippen molar-refractivity contribution in [2.75, 3.05) is 118 Å². The highest BCUT2D eigenvalue weighted by molar-refractivity contribution is 5.95. The van der Waals surface area contributed by atoms with E-state index in [0.717, 1.165) is 11.1 Å². The molecule has 0 aromatic heterocycles. The lowest BCUT2D eigenvalue weighted by molar-refractivity contribution is -0.171. The van der Waals surface area contributed by atoms with E-state index in [1.54, 1.807) is 132 Å². The molecular weight excluding hydrogens is 1600 g/mol. The maximum absolute atomic E-state index is 14.5. The number of cyclic esters (lactones) is 2. The van der Waals surface area contributed by atoms with Gasteiger partial charge in [0.2, 0.25) is 41.4 Å². The molecule has 2 aliphatic rings. The van der Waals surface area contributed by atoms with Crippen LogP contribution in [0.15, 0.2) is 24.3 Å². The summed E-state index contributed by atoms with van der Waals surface area (Å²) in [6.45, 7) is 35.2. The van der Waals surface area contributed by atoms with Crippen LogP contribution in [0.25, 0.3) is 0 Å². The Labute approximate surface area is 726 Å². The van der Waals surface area contributed by atoms with Crippen molar-refractivity contribution in [3.63, 3.8) is 0 Å². The molecule has 2 bridgehead atoms. The van der Waals surface area contributed by atoms with Gasteiger partial charge in [-0.2, -0.15) is 0 Å². The molecule has 36 heteroatoms. The summed E-state index contributed by atoms with van der Waals surface area (Å²) in [6.07, 6.45) is -0.434. The van der Waals surface area contributed by atoms with Crippen molar-refractivity contribution in [2.24, 2.45) is 0 Å². The Morgan fingerprint density at radius 3 is 1.37 bits per heavy atom. The number of carbonyl (C=O) groups excluding carboxylic acids is 14. The van der Waals surface area contributed by atoms with Gasteiger partial charge in [-0.25, -0.2) is 0 Å². The number of aryl methyl sites for hydroxylation is 2. The molecule has 0 radical (unpaired) electrons. The summed E-state index contributed by atoms with van der Waals surface area (Å²) in [5.41, 5.74) is -4.31. The van der Waals surface area contributed by atoms with Gasteiger partial charge in [-0.15, -0.1) is 0 Å². The highest BCUT2D eigenvalue weighted by Gasteiger charge is 2.39. The van der Waals surface area contributed by atoms with Crippen molar-refractivity contribution < 1.29 is 120 Å². The largest absolute Gasteiger partial charge is 0.481 e. The first-order valence-corrected chi connectivity index (χ1v) is 42.9. The quantitative estimate of drug-likeness (QED) is 0.0248. The monoisotopic (exact) mass is 1740 g/mol. The molecule has 2 aliphatic heterocycles. The third-order valence-electron chi connectivity index (χ3n) is 18.5. The van der Waals surface area contributed by atoms with E-state index in [9.17, 15) is 77.0 Å². The van der Waals surface area contributed by atoms with Gasteiger partial charge in [0.1, 0.15) is 76.0 Å². The van der Waals surface area contributed by atoms with Gasteiger partial charge in [0.05, 0.1) is 45.9 Å². The number of nitrogens with one attached hydrogen (secondary N) is 7. The predicted molar refractivity (Wildman–Crippen MR) is 454 cm³/mol. The summed E-state index contributed by atoms with van der Waals surface area (Å²) in [4.78, 5) is 210. The van der Waals surface area contributed by atoms with Crippen molar-refractivity contribution in [1.29, 1.82) is 0 Å². The van der Waals surface area contributed by atoms with E-state index in [1.807, 2.05) is 50.8 Å². The number of carboxylic acid groups (broad SMARTS) is 1. The molecule has 0 saturated carbocycles. The Morgan fingerprint density at radius 2 is 0.862 bits per heavy atom. The van der Waals surface area contributed by atoms with Gasteiger partial charge < -0.3 is 85.0 Å². The van der Waals surface area contributed by atoms with Crippen molar-refractivity contribution in [2.45, 2.75) is 311 Å². The molecule has 2 heterocycles. The number of fused-ring (bicyclic) bond motifs is 3. The maximum Gasteiger partial charge on any atom is 0.323 e. The zero-order chi connectivity index (χ0) is 92.7. The molecule has 1 aromatic rings. The number of ether oxygens (including phenoxy) is 9. The van der Waals surface area contributed by atoms with Crippen LogP contribution in [0.4, 0.5) is 0 Å². The lowest BCUT2D eigenvalue weighted by Crippen LogP contribution is -2.57. The third kappa shape index (κ3) is 51.2. The number of benzene rings is 1. The van der Waals surface area contributed by atoms with Gasteiger partial charge in [0, 0.05) is 111 Å². The molecule has 0 spiro atoms. The molecule has 7 amide bonds. The van der Waals surface area contributed by atoms with Crippen molar-refractivity contribution >= 4 is 89.1 Å². The second kappa shape index (κ2) is 52.1. The molecule has 2 fully saturated rings. The summed E-state index contributed by atoms with van der Waals surface area (Å²) in [6, 6.07) is 1.38. The Bertz CT molecular complexity index is 3610. The zero-order valence-corrected chi connectivity index (χ0v) is 76.8. The van der Waals surface area contributed by atoms with E-state index >= 15 is 0 Å². The molecular formula is C87H145N11O25. The summed E-state index contributed by atoms with van der Waals surface area (Å²) in [5, 5.41) is 27.8. The van der Waals surface area contributed by atoms with Gasteiger partial charge in [-0.05, 0) is 202 Å². The summed E-state index contributed by atoms with van der Waals surface area (Å²) >= 11 is 0. The molecule has 2 saturated heterocycles. The number of esters is 7. The average molecular weight is 1750 g/mol. The van der Waals surface area contributed by atoms with Crippen LogP contribution in [-0.2, 0) is 121 Å². The second-order valence-corrected chi connectivity index (χ2v) is 37.5. The first-order chi connectivity index (χ1) is 57.0. The number of hydrogen-bond donors (Lipinski definition) is 8. The van der Waals surface area contributed by atoms with Gasteiger partial charge in [-0.3, -0.25) is 91.5 Å². The van der Waals surface area contributed by atoms with Crippen LogP contribution >= 0.6 is 0 Å². The van der Waals surface area contributed by atoms with Gasteiger partial charge in [0.25, 0.3) is 0 Å². The number of carboxylic acids is 1. The fraction of sp³-hybridized carbons (Fsp3) is 0.759. The predicted octanol–water partition coefficient (Wildman–Crippen LogP) is 4.75. The molecule has 3 rings (SSSR count). The minimum absolute atomic E-state index is 0.0125. The average Bonchev–Trinajstić information content (AvgIpc) is 1.75. The fourth-order valence-corrected chi connectivity index (χ4v) is 13.4. The molecule has 1 aromatic carbocycles. The van der Waals surface area contributed by atoms with Crippen LogP contribution in [0.5, 0.6) is 0 Å². The van der Waals surface area contributed by atoms with Crippen LogP contribution in [0.3, 0.4) is 0 Å². The maximum atomic E-state index is 14.5. The minimum Gasteiger partial charge on any atom is -0.481 e. The Hall–Kier alpha value is -8.97. The Kier molecular flexibility index (Phi) is 45.8. The van der Waals surface area contributed by atoms with Crippen LogP contribution in [-0.4, -0.2) is 301 Å². The molecule has 7 atom stereocenters. The van der Waals surface area contributed by atoms with E-state index in [4.69, 9.17) is 42.6 Å². The molecule has 698 valence electrons. The minimum atomic E-state index is -1.61. The molecule has 0 aliphatic carbocycles. The Morgan fingerprint density at radius 1 is 0.431 bits per heavy atom. The lowest BCUT2D eigenvalue weighted by atomic mass is 9.92. The van der Waals surface area contributed by atoms with E-state index in [0.29, 0.717) is 51.9 Å². The van der Waals surface area contributed by atoms with Crippen LogP contribution < -0.4 is 37.2 Å². The first-order valence-electron chi connectivity index (χ1n) is 42.9. The van der Waals surface area contributed by atoms with Crippen molar-refractivity contribution in [3.05, 3.63) is 35.4 Å². The number of amides is 7. The smallest absolute Gasteiger partial charge is 0.323 e. The SMILES string of the molecule is Cc1ccc(CCCC(=O)N[C@@H](CCCCNC(=O)CCC(C(=O)OC(C)(C)C)N2CCN(CC(=O)OC(C)(C)C)CCN3CCN(CC2)CC(=O)OC(C)(C)CC(C)(C)OC(=O)C3)C(=O)NCCOCCOCC(=O)N[C@H](CCC(=O)OC(C)(C)C)C(=O)N[C@H](CCC(=O)OC(C)(C)C)C(=O)N[C@H](CCC(=O)OC(C)(C)C)C(=O)NCCC(=O)O)cc1. The first kappa shape index (κ1) is 108. The van der Waals surface area contributed by atoms with Gasteiger partial charge in [0.15, 0.2) is 0 Å². The number of hydrogen-bond acceptors (Lipinski definition) is 28. The topological polar surface area (TPSA) is 457 Å². The molecule has 3 unspecified atom stereocenters. The number of rotatable bonds is 44. The number of unbranched alkanes of at least 4 members (excludes halogenated alkanes) is 1. The zero-order valence-electron chi connectivity index (χ0n) is 76.8. The number of nitrogens with zero attached hydrogens (tertiary/aromatic N) is 4. The normalized spacial score (nSPS) is 17.8. The van der Waals surface area contributed by atoms with E-state index in [2.05, 4.69) is 37.2 Å². The van der Waals surface area contributed by atoms with Crippen LogP contribution in [0.1, 0.15) is 239 Å². The number of aliphatic carboxylic acids is 1. The summed E-state index contributed by atoms with van der Waals surface area (Å²) in [7, 11) is 0. The highest BCUT2D eigenvalue weighted by atomic mass is 16.6. The lowest BCUT2D eigenvalue weighted by Gasteiger charge is -2.37. The number of carbonyl (C=O) groups is 15. The summed E-state index contributed by atoms with van der Waals surface area (Å²) in [5.74, 6) is -10.3. The van der Waals surface area contributed by atoms with Crippen molar-refractivity contribution in [1.82, 2.24) is 56.8 Å². The highest BCUT2D eigenvalue weighted by Crippen LogP contribution is 2.28. The van der Waals surface area contributed by atoms with E-state index in [1.165, 1.54) is 0 Å². The standard InChI is InChI=1S/C87H145N11O25/c1-59-27-29-60(30-28-59)24-23-26-67(100)91-61(25-21-22-40-88-66(99)35-34-65(80(114)123-85(14,15)16)98-49-47-96(54-73(107)120-84(11,12)13)45-43-95-44-46-97(48-50-98)56-75(109)122-87(19,20)58-86(17,18)121-74(108)55-95)76(110)90-42-51-115-52-53-116-57-68(101)92-63(32-37-71(105)118-82(5,6)7)78(112)94-64(33-38-72(106)119-83(8,9)10)79(113)93-62(77(111)89-41-39-69(102)103)31-36-70(104)117-81(2,3)4/h27-30,61-65H,21-26,31-58H2,1-20H3,(H,88,99)(H,89,111)(H,90,110)(H,91,100)(H,92,101)(H,93,113)(H,94,112)(H,102,103)/t61-,62+,63+,64+,65?/m0/s1. The van der Waals surface area contributed by atoms with Gasteiger partial charge in [-0.1, -0.05) is 29.8 Å². The second-order valence-electron chi connectivity index (χ2n) is 37.5. The van der Waals surface area contributed by atoms with Crippen LogP contribution in [0.2, 0.25) is 0 Å². The summed E-state index contributed by atoms with van der Waals surface area (Å²) < 4.78 is 51.4.